The molecule has 0 radical (unpaired) electrons. The van der Waals surface area contributed by atoms with Crippen LogP contribution < -0.4 is 32.3 Å². The molecule has 0 fully saturated rings. The van der Waals surface area contributed by atoms with Crippen LogP contribution in [0.3, 0.4) is 0 Å². The molecule has 10 N–H and O–H groups in total. The number of nitrogens with zero attached hydrogens (tertiary/aromatic N) is 2. The number of nitrogens with two attached hydrogens (primary N) is 1. The molecular formula is C26H34N8O9S. The Hall–Kier alpha value is -4.81. The third-order valence-electron chi connectivity index (χ3n) is 5.97. The van der Waals surface area contributed by atoms with Gasteiger partial charge in [0.1, 0.15) is 24.2 Å². The van der Waals surface area contributed by atoms with Crippen LogP contribution in [-0.4, -0.2) is 104 Å². The highest BCUT2D eigenvalue weighted by atomic mass is 32.1. The number of nitrogens with one attached hydrogen (secondary N) is 5. The van der Waals surface area contributed by atoms with Gasteiger partial charge in [-0.25, -0.2) is 9.59 Å². The van der Waals surface area contributed by atoms with Gasteiger partial charge < -0.3 is 47.6 Å². The van der Waals surface area contributed by atoms with E-state index in [1.165, 1.54) is 12.1 Å². The summed E-state index contributed by atoms with van der Waals surface area (Å²) >= 11 is 3.81. The number of aliphatic carboxylic acids is 2. The molecule has 1 unspecified atom stereocenters. The predicted molar refractivity (Wildman–Crippen MR) is 157 cm³/mol. The number of carboxylic acid groups (broad SMARTS) is 2. The zero-order chi connectivity index (χ0) is 32.6. The number of anilines is 1. The average Bonchev–Trinajstić information content (AvgIpc) is 3.02. The highest BCUT2D eigenvalue weighted by molar-refractivity contribution is 7.80. The normalized spacial score (nSPS) is 13.3. The highest BCUT2D eigenvalue weighted by Gasteiger charge is 2.27. The van der Waals surface area contributed by atoms with Gasteiger partial charge >= 0.3 is 11.9 Å². The number of hydrogen-bond donors (Lipinski definition) is 10. The highest BCUT2D eigenvalue weighted by Crippen LogP contribution is 2.11. The first-order valence-corrected chi connectivity index (χ1v) is 13.8. The summed E-state index contributed by atoms with van der Waals surface area (Å²) in [5, 5.41) is 40.0. The quantitative estimate of drug-likeness (QED) is 0.0759. The Morgan fingerprint density at radius 2 is 1.55 bits per heavy atom. The van der Waals surface area contributed by atoms with Gasteiger partial charge in [-0.1, -0.05) is 0 Å². The number of aromatic nitrogens is 2. The SMILES string of the molecule is N[C@@H](CNC(=O)CC[C@H](NC(=O)c1ccc(NCc2cnccn2)cc1)C(=O)O)C(=O)N[C@@H](CO)C(=O)NC(CS)C(=O)O. The molecule has 4 atom stereocenters. The number of amides is 4. The number of rotatable bonds is 18. The Morgan fingerprint density at radius 3 is 2.11 bits per heavy atom. The Labute approximate surface area is 256 Å². The Morgan fingerprint density at radius 1 is 0.886 bits per heavy atom. The van der Waals surface area contributed by atoms with Crippen LogP contribution in [0.4, 0.5) is 5.69 Å². The Kier molecular flexibility index (Phi) is 14.5. The van der Waals surface area contributed by atoms with Gasteiger partial charge in [0.2, 0.25) is 17.7 Å². The molecule has 0 aliphatic rings. The standard InChI is InChI=1S/C26H34N8O9S/c27-17(23(38)33-19(12-35)24(39)34-20(13-44)26(42)43)11-31-21(36)6-5-18(25(40)41)32-22(37)14-1-3-15(4-2-14)30-10-16-9-28-7-8-29-16/h1-4,7-9,17-20,30,35,44H,5-6,10-13,27H2,(H,31,36)(H,32,37)(H,33,38)(H,34,39)(H,40,41)(H,42,43)/t17-,18-,19-,20?/m0/s1. The first-order valence-electron chi connectivity index (χ1n) is 13.1. The molecule has 44 heavy (non-hydrogen) atoms. The molecule has 17 nitrogen and oxygen atoms in total. The first-order chi connectivity index (χ1) is 20.9. The molecule has 1 aromatic heterocycles. The second-order valence-corrected chi connectivity index (χ2v) is 9.63. The minimum atomic E-state index is -1.51. The molecule has 4 amide bonds. The number of carbonyl (C=O) groups excluding carboxylic acids is 4. The molecular weight excluding hydrogens is 600 g/mol. The fourth-order valence-electron chi connectivity index (χ4n) is 3.46. The lowest BCUT2D eigenvalue weighted by molar-refractivity contribution is -0.141. The summed E-state index contributed by atoms with van der Waals surface area (Å²) in [6.45, 7) is -0.854. The minimum absolute atomic E-state index is 0.196. The van der Waals surface area contributed by atoms with Gasteiger partial charge in [0.05, 0.1) is 25.0 Å². The van der Waals surface area contributed by atoms with Gasteiger partial charge in [-0.15, -0.1) is 0 Å². The van der Waals surface area contributed by atoms with Gasteiger partial charge in [-0.05, 0) is 30.7 Å². The number of hydrogen-bond acceptors (Lipinski definition) is 12. The second-order valence-electron chi connectivity index (χ2n) is 9.27. The summed E-state index contributed by atoms with van der Waals surface area (Å²) in [6.07, 6.45) is 4.12. The number of benzene rings is 1. The van der Waals surface area contributed by atoms with Gasteiger partial charge in [0.25, 0.3) is 5.91 Å². The van der Waals surface area contributed by atoms with Crippen molar-refractivity contribution in [2.75, 3.05) is 24.2 Å². The van der Waals surface area contributed by atoms with Crippen molar-refractivity contribution in [3.05, 3.63) is 54.1 Å². The molecule has 0 aliphatic heterocycles. The van der Waals surface area contributed by atoms with E-state index in [1.807, 2.05) is 0 Å². The number of thiol groups is 1. The van der Waals surface area contributed by atoms with E-state index in [1.54, 1.807) is 30.7 Å². The van der Waals surface area contributed by atoms with Crippen LogP contribution in [0.25, 0.3) is 0 Å². The van der Waals surface area contributed by atoms with Gasteiger partial charge in [0.15, 0.2) is 0 Å². The molecule has 238 valence electrons. The van der Waals surface area contributed by atoms with E-state index in [9.17, 15) is 39.0 Å². The van der Waals surface area contributed by atoms with Crippen LogP contribution >= 0.6 is 12.6 Å². The van der Waals surface area contributed by atoms with Crippen molar-refractivity contribution >= 4 is 53.9 Å². The van der Waals surface area contributed by atoms with Crippen LogP contribution in [0.15, 0.2) is 42.9 Å². The molecule has 1 heterocycles. The largest absolute Gasteiger partial charge is 0.480 e. The van der Waals surface area contributed by atoms with Crippen LogP contribution in [0.5, 0.6) is 0 Å². The van der Waals surface area contributed by atoms with Crippen LogP contribution in [0.1, 0.15) is 28.9 Å². The van der Waals surface area contributed by atoms with E-state index in [4.69, 9.17) is 10.8 Å². The molecule has 0 bridgehead atoms. The van der Waals surface area contributed by atoms with E-state index in [-0.39, 0.29) is 24.2 Å². The lowest BCUT2D eigenvalue weighted by Gasteiger charge is -2.21. The van der Waals surface area contributed by atoms with Crippen molar-refractivity contribution in [1.82, 2.24) is 31.2 Å². The summed E-state index contributed by atoms with van der Waals surface area (Å²) in [4.78, 5) is 80.2. The number of aliphatic hydroxyl groups excluding tert-OH is 1. The minimum Gasteiger partial charge on any atom is -0.480 e. The molecule has 0 aliphatic carbocycles. The fraction of sp³-hybridized carbons (Fsp3) is 0.385. The molecule has 2 aromatic rings. The average molecular weight is 635 g/mol. The van der Waals surface area contributed by atoms with Crippen LogP contribution in [0, 0.1) is 0 Å². The summed E-state index contributed by atoms with van der Waals surface area (Å²) in [7, 11) is 0. The Bertz CT molecular complexity index is 1300. The van der Waals surface area contributed by atoms with Crippen molar-refractivity contribution in [1.29, 1.82) is 0 Å². The van der Waals surface area contributed by atoms with E-state index < -0.39 is 72.9 Å². The predicted octanol–water partition coefficient (Wildman–Crippen LogP) is -2.53. The van der Waals surface area contributed by atoms with E-state index in [0.717, 1.165) is 0 Å². The molecule has 2 rings (SSSR count). The van der Waals surface area contributed by atoms with E-state index >= 15 is 0 Å². The maximum absolute atomic E-state index is 12.6. The van der Waals surface area contributed by atoms with Crippen molar-refractivity contribution in [2.24, 2.45) is 5.73 Å². The lowest BCUT2D eigenvalue weighted by Crippen LogP contribution is -2.57. The van der Waals surface area contributed by atoms with E-state index in [0.29, 0.717) is 17.9 Å². The molecule has 18 heteroatoms. The number of aliphatic hydroxyl groups is 1. The molecule has 1 aromatic carbocycles. The van der Waals surface area contributed by atoms with Crippen LogP contribution in [-0.2, 0) is 30.5 Å². The first kappa shape index (κ1) is 35.4. The smallest absolute Gasteiger partial charge is 0.327 e. The summed E-state index contributed by atoms with van der Waals surface area (Å²) in [6, 6.07) is 0.653. The maximum Gasteiger partial charge on any atom is 0.327 e. The zero-order valence-electron chi connectivity index (χ0n) is 23.3. The summed E-state index contributed by atoms with van der Waals surface area (Å²) in [5.74, 6) is -6.19. The zero-order valence-corrected chi connectivity index (χ0v) is 24.2. The topological polar surface area (TPSA) is 275 Å². The van der Waals surface area contributed by atoms with Gasteiger partial charge in [-0.3, -0.25) is 29.1 Å². The van der Waals surface area contributed by atoms with Gasteiger partial charge in [0, 0.05) is 42.4 Å². The maximum atomic E-state index is 12.6. The number of carboxylic acids is 2. The molecule has 0 saturated heterocycles. The monoisotopic (exact) mass is 634 g/mol. The molecule has 0 saturated carbocycles. The van der Waals surface area contributed by atoms with Gasteiger partial charge in [-0.2, -0.15) is 12.6 Å². The fourth-order valence-corrected chi connectivity index (χ4v) is 3.71. The van der Waals surface area contributed by atoms with Crippen LogP contribution in [0.2, 0.25) is 0 Å². The lowest BCUT2D eigenvalue weighted by atomic mass is 10.1. The van der Waals surface area contributed by atoms with Crippen molar-refractivity contribution in [3.63, 3.8) is 0 Å². The van der Waals surface area contributed by atoms with Crippen molar-refractivity contribution in [3.8, 4) is 0 Å². The molecule has 0 spiro atoms. The summed E-state index contributed by atoms with van der Waals surface area (Å²) < 4.78 is 0. The third kappa shape index (κ3) is 11.8. The number of carbonyl (C=O) groups is 6. The van der Waals surface area contributed by atoms with Crippen molar-refractivity contribution in [2.45, 2.75) is 43.6 Å². The Balaban J connectivity index is 1.80. The third-order valence-corrected chi connectivity index (χ3v) is 6.33. The second kappa shape index (κ2) is 18.0. The summed E-state index contributed by atoms with van der Waals surface area (Å²) in [5.41, 5.74) is 7.33. The van der Waals surface area contributed by atoms with E-state index in [2.05, 4.69) is 49.2 Å². The van der Waals surface area contributed by atoms with Crippen molar-refractivity contribution < 1.29 is 44.1 Å².